The smallest absolute Gasteiger partial charge is 0.410 e. The van der Waals surface area contributed by atoms with Gasteiger partial charge in [-0.05, 0) is 59.3 Å². The van der Waals surface area contributed by atoms with Crippen LogP contribution in [0.25, 0.3) is 5.65 Å². The van der Waals surface area contributed by atoms with Crippen molar-refractivity contribution in [1.29, 1.82) is 0 Å². The Morgan fingerprint density at radius 2 is 2.04 bits per heavy atom. The summed E-state index contributed by atoms with van der Waals surface area (Å²) in [5.74, 6) is 0.157. The van der Waals surface area contributed by atoms with Crippen LogP contribution in [0, 0.1) is 0 Å². The second-order valence-electron chi connectivity index (χ2n) is 8.72. The molecule has 2 aliphatic rings. The van der Waals surface area contributed by atoms with Crippen LogP contribution in [0.4, 0.5) is 4.79 Å². The van der Waals surface area contributed by atoms with Crippen LogP contribution in [0.2, 0.25) is 0 Å². The third-order valence-corrected chi connectivity index (χ3v) is 5.42. The lowest BCUT2D eigenvalue weighted by atomic mass is 9.95. The number of amides is 1. The highest BCUT2D eigenvalue weighted by Gasteiger charge is 2.29. The van der Waals surface area contributed by atoms with E-state index in [9.17, 15) is 9.59 Å². The molecule has 0 spiro atoms. The molecular formula is C20H28N4O3. The average Bonchev–Trinajstić information content (AvgIpc) is 3.05. The van der Waals surface area contributed by atoms with Crippen molar-refractivity contribution in [3.8, 4) is 0 Å². The Hall–Kier alpha value is -2.31. The highest BCUT2D eigenvalue weighted by molar-refractivity contribution is 5.68. The third kappa shape index (κ3) is 3.59. The molecule has 7 heteroatoms. The molecule has 0 aromatic carbocycles. The van der Waals surface area contributed by atoms with Crippen LogP contribution in [0.1, 0.15) is 69.3 Å². The summed E-state index contributed by atoms with van der Waals surface area (Å²) in [6.45, 7) is 6.94. The highest BCUT2D eigenvalue weighted by atomic mass is 16.6. The minimum Gasteiger partial charge on any atom is -0.444 e. The minimum atomic E-state index is -0.499. The monoisotopic (exact) mass is 372 g/mol. The predicted octanol–water partition coefficient (Wildman–Crippen LogP) is 3.02. The standard InChI is InChI=1S/C20H28N4O3/c1-20(2,3)27-19(26)23-10-6-7-13(12-23)16-11-17-21-15-9-5-4-8-14(15)18(25)24(17)22-16/h11,13,22H,4-10,12H2,1-3H3/t13-/m1/s1. The fourth-order valence-corrected chi connectivity index (χ4v) is 4.11. The summed E-state index contributed by atoms with van der Waals surface area (Å²) in [6, 6.07) is 1.97. The van der Waals surface area contributed by atoms with E-state index in [0.29, 0.717) is 18.7 Å². The lowest BCUT2D eigenvalue weighted by molar-refractivity contribution is 0.0197. The quantitative estimate of drug-likeness (QED) is 0.834. The van der Waals surface area contributed by atoms with Gasteiger partial charge in [-0.3, -0.25) is 9.89 Å². The molecule has 1 aliphatic carbocycles. The van der Waals surface area contributed by atoms with E-state index in [0.717, 1.165) is 55.5 Å². The molecular weight excluding hydrogens is 344 g/mol. The number of carbonyl (C=O) groups excluding carboxylic acids is 1. The first-order chi connectivity index (χ1) is 12.8. The molecule has 1 N–H and O–H groups in total. The number of hydrogen-bond donors (Lipinski definition) is 1. The second kappa shape index (κ2) is 6.69. The maximum Gasteiger partial charge on any atom is 0.410 e. The van der Waals surface area contributed by atoms with Gasteiger partial charge in [-0.25, -0.2) is 14.3 Å². The molecule has 1 atom stereocenters. The minimum absolute atomic E-state index is 0.0285. The van der Waals surface area contributed by atoms with Gasteiger partial charge in [0.15, 0.2) is 5.65 Å². The molecule has 0 saturated carbocycles. The number of nitrogens with one attached hydrogen (secondary N) is 1. The van der Waals surface area contributed by atoms with Crippen LogP contribution in [-0.2, 0) is 17.6 Å². The zero-order valence-electron chi connectivity index (χ0n) is 16.4. The Morgan fingerprint density at radius 3 is 2.81 bits per heavy atom. The van der Waals surface area contributed by atoms with Crippen LogP contribution in [0.5, 0.6) is 0 Å². The fourth-order valence-electron chi connectivity index (χ4n) is 4.11. The number of fused-ring (bicyclic) bond motifs is 2. The number of rotatable bonds is 1. The van der Waals surface area contributed by atoms with E-state index in [-0.39, 0.29) is 17.6 Å². The largest absolute Gasteiger partial charge is 0.444 e. The van der Waals surface area contributed by atoms with Gasteiger partial charge in [0.1, 0.15) is 5.60 Å². The van der Waals surface area contributed by atoms with Crippen molar-refractivity contribution in [2.75, 3.05) is 13.1 Å². The second-order valence-corrected chi connectivity index (χ2v) is 8.72. The van der Waals surface area contributed by atoms with Crippen molar-refractivity contribution in [1.82, 2.24) is 19.5 Å². The van der Waals surface area contributed by atoms with E-state index in [1.807, 2.05) is 26.8 Å². The SMILES string of the molecule is CC(C)(C)OC(=O)N1CCC[C@@H](c2cc3nc4c(c(=O)n3[nH]2)CCCC4)C1. The molecule has 4 rings (SSSR count). The van der Waals surface area contributed by atoms with Crippen molar-refractivity contribution >= 4 is 11.7 Å². The van der Waals surface area contributed by atoms with E-state index in [2.05, 4.69) is 5.10 Å². The van der Waals surface area contributed by atoms with Crippen molar-refractivity contribution in [3.05, 3.63) is 33.4 Å². The molecule has 2 aromatic rings. The molecule has 2 aromatic heterocycles. The van der Waals surface area contributed by atoms with E-state index in [1.54, 1.807) is 9.42 Å². The molecule has 0 bridgehead atoms. The van der Waals surface area contributed by atoms with Crippen molar-refractivity contribution < 1.29 is 9.53 Å². The van der Waals surface area contributed by atoms with Crippen LogP contribution < -0.4 is 5.56 Å². The summed E-state index contributed by atoms with van der Waals surface area (Å²) in [6.07, 6.45) is 5.47. The molecule has 0 radical (unpaired) electrons. The van der Waals surface area contributed by atoms with Crippen molar-refractivity contribution in [3.63, 3.8) is 0 Å². The van der Waals surface area contributed by atoms with Crippen LogP contribution in [0.3, 0.4) is 0 Å². The average molecular weight is 372 g/mol. The number of nitrogens with zero attached hydrogens (tertiary/aromatic N) is 3. The van der Waals surface area contributed by atoms with E-state index < -0.39 is 5.60 Å². The van der Waals surface area contributed by atoms with Crippen LogP contribution >= 0.6 is 0 Å². The van der Waals surface area contributed by atoms with Gasteiger partial charge in [-0.2, -0.15) is 0 Å². The van der Waals surface area contributed by atoms with Crippen LogP contribution in [0.15, 0.2) is 10.9 Å². The van der Waals surface area contributed by atoms with Gasteiger partial charge in [0.05, 0.1) is 5.69 Å². The highest BCUT2D eigenvalue weighted by Crippen LogP contribution is 2.28. The number of carbonyl (C=O) groups is 1. The molecule has 0 unspecified atom stereocenters. The van der Waals surface area contributed by atoms with Gasteiger partial charge in [-0.1, -0.05) is 0 Å². The van der Waals surface area contributed by atoms with Gasteiger partial charge in [0, 0.05) is 36.3 Å². The first-order valence-electron chi connectivity index (χ1n) is 9.93. The lowest BCUT2D eigenvalue weighted by Gasteiger charge is -2.33. The Morgan fingerprint density at radius 1 is 1.26 bits per heavy atom. The fraction of sp³-hybridized carbons (Fsp3) is 0.650. The molecule has 146 valence electrons. The molecule has 1 saturated heterocycles. The van der Waals surface area contributed by atoms with Gasteiger partial charge >= 0.3 is 6.09 Å². The molecule has 7 nitrogen and oxygen atoms in total. The van der Waals surface area contributed by atoms with E-state index in [4.69, 9.17) is 9.72 Å². The molecule has 1 fully saturated rings. The number of hydrogen-bond acceptors (Lipinski definition) is 4. The van der Waals surface area contributed by atoms with Gasteiger partial charge < -0.3 is 9.64 Å². The number of ether oxygens (including phenoxy) is 1. The number of aromatic amines is 1. The Kier molecular flexibility index (Phi) is 4.48. The predicted molar refractivity (Wildman–Crippen MR) is 102 cm³/mol. The number of piperidine rings is 1. The van der Waals surface area contributed by atoms with Crippen molar-refractivity contribution in [2.45, 2.75) is 70.8 Å². The number of H-pyrrole nitrogens is 1. The third-order valence-electron chi connectivity index (χ3n) is 5.42. The lowest BCUT2D eigenvalue weighted by Crippen LogP contribution is -2.42. The zero-order valence-corrected chi connectivity index (χ0v) is 16.4. The maximum atomic E-state index is 12.8. The zero-order chi connectivity index (χ0) is 19.2. The Labute approximate surface area is 158 Å². The summed E-state index contributed by atoms with van der Waals surface area (Å²) in [5.41, 5.74) is 2.99. The molecule has 27 heavy (non-hydrogen) atoms. The van der Waals surface area contributed by atoms with Gasteiger partial charge in [-0.15, -0.1) is 0 Å². The molecule has 1 aliphatic heterocycles. The summed E-state index contributed by atoms with van der Waals surface area (Å²) in [5, 5.41) is 3.25. The summed E-state index contributed by atoms with van der Waals surface area (Å²) < 4.78 is 7.09. The Bertz CT molecular complexity index is 922. The van der Waals surface area contributed by atoms with E-state index >= 15 is 0 Å². The number of aromatic nitrogens is 3. The van der Waals surface area contributed by atoms with E-state index in [1.165, 1.54) is 0 Å². The number of likely N-dealkylation sites (tertiary alicyclic amines) is 1. The first kappa shape index (κ1) is 18.1. The molecule has 3 heterocycles. The summed E-state index contributed by atoms with van der Waals surface area (Å²) in [4.78, 5) is 31.7. The maximum absolute atomic E-state index is 12.8. The molecule has 1 amide bonds. The van der Waals surface area contributed by atoms with Crippen molar-refractivity contribution in [2.24, 2.45) is 0 Å². The van der Waals surface area contributed by atoms with Gasteiger partial charge in [0.25, 0.3) is 5.56 Å². The summed E-state index contributed by atoms with van der Waals surface area (Å²) in [7, 11) is 0. The number of aryl methyl sites for hydroxylation is 1. The Balaban J connectivity index is 1.59. The van der Waals surface area contributed by atoms with Crippen LogP contribution in [-0.4, -0.2) is 44.3 Å². The first-order valence-corrected chi connectivity index (χ1v) is 9.93. The summed E-state index contributed by atoms with van der Waals surface area (Å²) >= 11 is 0. The normalized spacial score (nSPS) is 20.6. The topological polar surface area (TPSA) is 79.7 Å². The van der Waals surface area contributed by atoms with Gasteiger partial charge in [0.2, 0.25) is 0 Å².